The first-order chi connectivity index (χ1) is 10.8. The van der Waals surface area contributed by atoms with E-state index < -0.39 is 5.41 Å². The largest absolute Gasteiger partial charge is 0.326 e. The van der Waals surface area contributed by atoms with Gasteiger partial charge in [-0.3, -0.25) is 9.59 Å². The van der Waals surface area contributed by atoms with Gasteiger partial charge in [0.1, 0.15) is 5.82 Å². The third kappa shape index (κ3) is 4.64. The molecule has 0 aliphatic carbocycles. The minimum absolute atomic E-state index is 0.131. The number of carbonyl (C=O) groups is 2. The minimum atomic E-state index is -0.521. The summed E-state index contributed by atoms with van der Waals surface area (Å²) in [6, 6.07) is 12.2. The molecule has 0 unspecified atom stereocenters. The summed E-state index contributed by atoms with van der Waals surface area (Å²) < 4.78 is 12.9. The second-order valence-corrected chi connectivity index (χ2v) is 6.25. The van der Waals surface area contributed by atoms with Crippen molar-refractivity contribution in [3.63, 3.8) is 0 Å². The third-order valence-corrected chi connectivity index (χ3v) is 3.17. The molecule has 5 heteroatoms. The highest BCUT2D eigenvalue weighted by molar-refractivity contribution is 6.05. The molecule has 23 heavy (non-hydrogen) atoms. The second-order valence-electron chi connectivity index (χ2n) is 6.25. The Labute approximate surface area is 134 Å². The van der Waals surface area contributed by atoms with Crippen LogP contribution in [-0.2, 0) is 4.79 Å². The Morgan fingerprint density at radius 3 is 2.17 bits per heavy atom. The maximum absolute atomic E-state index is 12.9. The van der Waals surface area contributed by atoms with Gasteiger partial charge in [0, 0.05) is 22.4 Å². The summed E-state index contributed by atoms with van der Waals surface area (Å²) in [5.41, 5.74) is 0.935. The molecule has 2 amide bonds. The van der Waals surface area contributed by atoms with E-state index >= 15 is 0 Å². The molecule has 0 radical (unpaired) electrons. The number of nitrogens with one attached hydrogen (secondary N) is 2. The summed E-state index contributed by atoms with van der Waals surface area (Å²) >= 11 is 0. The predicted octanol–water partition coefficient (Wildman–Crippen LogP) is 4.06. The molecular weight excluding hydrogens is 295 g/mol. The van der Waals surface area contributed by atoms with Gasteiger partial charge in [0.05, 0.1) is 0 Å². The Hall–Kier alpha value is -2.69. The molecular formula is C18H19FN2O2. The Kier molecular flexibility index (Phi) is 4.79. The van der Waals surface area contributed by atoms with Gasteiger partial charge in [0.15, 0.2) is 0 Å². The van der Waals surface area contributed by atoms with Gasteiger partial charge in [-0.25, -0.2) is 4.39 Å². The molecule has 0 heterocycles. The SMILES string of the molecule is CC(C)(C)C(=O)Nc1cccc(C(=O)Nc2ccc(F)cc2)c1. The highest BCUT2D eigenvalue weighted by atomic mass is 19.1. The summed E-state index contributed by atoms with van der Waals surface area (Å²) in [4.78, 5) is 24.2. The van der Waals surface area contributed by atoms with Crippen molar-refractivity contribution in [3.05, 3.63) is 59.9 Å². The van der Waals surface area contributed by atoms with Crippen LogP contribution in [-0.4, -0.2) is 11.8 Å². The lowest BCUT2D eigenvalue weighted by atomic mass is 9.95. The molecule has 0 saturated heterocycles. The number of carbonyl (C=O) groups excluding carboxylic acids is 2. The zero-order chi connectivity index (χ0) is 17.0. The van der Waals surface area contributed by atoms with Crippen molar-refractivity contribution in [1.29, 1.82) is 0 Å². The molecule has 2 rings (SSSR count). The van der Waals surface area contributed by atoms with Gasteiger partial charge in [-0.15, -0.1) is 0 Å². The van der Waals surface area contributed by atoms with E-state index in [1.165, 1.54) is 24.3 Å². The molecule has 0 spiro atoms. The normalized spacial score (nSPS) is 11.0. The Balaban J connectivity index is 2.11. The van der Waals surface area contributed by atoms with Crippen LogP contribution >= 0.6 is 0 Å². The summed E-state index contributed by atoms with van der Waals surface area (Å²) in [6.07, 6.45) is 0. The standard InChI is InChI=1S/C18H19FN2O2/c1-18(2,3)17(23)21-15-6-4-5-12(11-15)16(22)20-14-9-7-13(19)8-10-14/h4-11H,1-3H3,(H,20,22)(H,21,23). The van der Waals surface area contributed by atoms with Gasteiger partial charge in [0.25, 0.3) is 5.91 Å². The summed E-state index contributed by atoms with van der Waals surface area (Å²) in [7, 11) is 0. The van der Waals surface area contributed by atoms with Crippen molar-refractivity contribution < 1.29 is 14.0 Å². The molecule has 4 nitrogen and oxygen atoms in total. The lowest BCUT2D eigenvalue weighted by molar-refractivity contribution is -0.123. The molecule has 2 aromatic rings. The van der Waals surface area contributed by atoms with Crippen molar-refractivity contribution in [2.45, 2.75) is 20.8 Å². The van der Waals surface area contributed by atoms with Crippen LogP contribution in [0.5, 0.6) is 0 Å². The highest BCUT2D eigenvalue weighted by Crippen LogP contribution is 2.19. The number of amides is 2. The van der Waals surface area contributed by atoms with Crippen molar-refractivity contribution in [1.82, 2.24) is 0 Å². The molecule has 0 fully saturated rings. The molecule has 120 valence electrons. The molecule has 2 aromatic carbocycles. The Bertz CT molecular complexity index is 719. The number of anilines is 2. The molecule has 0 bridgehead atoms. The van der Waals surface area contributed by atoms with E-state index in [1.807, 2.05) is 20.8 Å². The lowest BCUT2D eigenvalue weighted by Crippen LogP contribution is -2.27. The minimum Gasteiger partial charge on any atom is -0.326 e. The second kappa shape index (κ2) is 6.60. The fraction of sp³-hybridized carbons (Fsp3) is 0.222. The molecule has 0 aromatic heterocycles. The summed E-state index contributed by atoms with van der Waals surface area (Å²) in [5.74, 6) is -0.827. The third-order valence-electron chi connectivity index (χ3n) is 3.17. The van der Waals surface area contributed by atoms with Crippen molar-refractivity contribution in [2.75, 3.05) is 10.6 Å². The van der Waals surface area contributed by atoms with Crippen molar-refractivity contribution >= 4 is 23.2 Å². The van der Waals surface area contributed by atoms with Crippen LogP contribution in [0.1, 0.15) is 31.1 Å². The highest BCUT2D eigenvalue weighted by Gasteiger charge is 2.21. The molecule has 0 aliphatic rings. The van der Waals surface area contributed by atoms with Crippen LogP contribution in [0.15, 0.2) is 48.5 Å². The number of rotatable bonds is 3. The van der Waals surface area contributed by atoms with E-state index in [0.29, 0.717) is 16.9 Å². The van der Waals surface area contributed by atoms with Gasteiger partial charge < -0.3 is 10.6 Å². The van der Waals surface area contributed by atoms with Gasteiger partial charge in [-0.1, -0.05) is 26.8 Å². The smallest absolute Gasteiger partial charge is 0.255 e. The fourth-order valence-electron chi connectivity index (χ4n) is 1.79. The number of hydrogen-bond donors (Lipinski definition) is 2. The lowest BCUT2D eigenvalue weighted by Gasteiger charge is -2.18. The van der Waals surface area contributed by atoms with Crippen LogP contribution in [0.2, 0.25) is 0 Å². The molecule has 0 atom stereocenters. The van der Waals surface area contributed by atoms with Crippen LogP contribution in [0, 0.1) is 11.2 Å². The average Bonchev–Trinajstić information content (AvgIpc) is 2.49. The average molecular weight is 314 g/mol. The van der Waals surface area contributed by atoms with E-state index in [2.05, 4.69) is 10.6 Å². The molecule has 0 aliphatic heterocycles. The zero-order valence-corrected chi connectivity index (χ0v) is 13.3. The fourth-order valence-corrected chi connectivity index (χ4v) is 1.79. The van der Waals surface area contributed by atoms with Gasteiger partial charge >= 0.3 is 0 Å². The van der Waals surface area contributed by atoms with Crippen LogP contribution in [0.3, 0.4) is 0 Å². The summed E-state index contributed by atoms with van der Waals surface area (Å²) in [5, 5.41) is 5.46. The van der Waals surface area contributed by atoms with E-state index in [9.17, 15) is 14.0 Å². The Morgan fingerprint density at radius 2 is 1.57 bits per heavy atom. The van der Waals surface area contributed by atoms with Gasteiger partial charge in [-0.2, -0.15) is 0 Å². The zero-order valence-electron chi connectivity index (χ0n) is 13.3. The number of benzene rings is 2. The maximum Gasteiger partial charge on any atom is 0.255 e. The first-order valence-electron chi connectivity index (χ1n) is 7.24. The van der Waals surface area contributed by atoms with Gasteiger partial charge in [-0.05, 0) is 42.5 Å². The first kappa shape index (κ1) is 16.7. The van der Waals surface area contributed by atoms with E-state index in [4.69, 9.17) is 0 Å². The summed E-state index contributed by atoms with van der Waals surface area (Å²) in [6.45, 7) is 5.44. The molecule has 0 saturated carbocycles. The number of halogens is 1. The maximum atomic E-state index is 12.9. The van der Waals surface area contributed by atoms with Crippen molar-refractivity contribution in [3.8, 4) is 0 Å². The number of hydrogen-bond acceptors (Lipinski definition) is 2. The van der Waals surface area contributed by atoms with E-state index in [1.54, 1.807) is 24.3 Å². The first-order valence-corrected chi connectivity index (χ1v) is 7.24. The molecule has 2 N–H and O–H groups in total. The van der Waals surface area contributed by atoms with E-state index in [-0.39, 0.29) is 17.6 Å². The van der Waals surface area contributed by atoms with Crippen LogP contribution in [0.25, 0.3) is 0 Å². The van der Waals surface area contributed by atoms with Gasteiger partial charge in [0.2, 0.25) is 5.91 Å². The van der Waals surface area contributed by atoms with Crippen molar-refractivity contribution in [2.24, 2.45) is 5.41 Å². The monoisotopic (exact) mass is 314 g/mol. The van der Waals surface area contributed by atoms with Crippen LogP contribution < -0.4 is 10.6 Å². The van der Waals surface area contributed by atoms with Crippen LogP contribution in [0.4, 0.5) is 15.8 Å². The topological polar surface area (TPSA) is 58.2 Å². The predicted molar refractivity (Wildman–Crippen MR) is 88.9 cm³/mol. The van der Waals surface area contributed by atoms with E-state index in [0.717, 1.165) is 0 Å². The quantitative estimate of drug-likeness (QED) is 0.897. The Morgan fingerprint density at radius 1 is 0.913 bits per heavy atom.